The van der Waals surface area contributed by atoms with Crippen LogP contribution in [0.3, 0.4) is 0 Å². The minimum atomic E-state index is 0.460. The molecule has 0 saturated heterocycles. The van der Waals surface area contributed by atoms with Gasteiger partial charge in [0.25, 0.3) is 0 Å². The Morgan fingerprint density at radius 1 is 1.14 bits per heavy atom. The van der Waals surface area contributed by atoms with Crippen molar-refractivity contribution < 1.29 is 0 Å². The molecule has 0 N–H and O–H groups in total. The van der Waals surface area contributed by atoms with Gasteiger partial charge in [-0.25, -0.2) is 0 Å². The molecule has 0 aliphatic carbocycles. The fourth-order valence-electron chi connectivity index (χ4n) is 1.32. The van der Waals surface area contributed by atoms with E-state index in [9.17, 15) is 0 Å². The lowest BCUT2D eigenvalue weighted by Crippen LogP contribution is -1.93. The van der Waals surface area contributed by atoms with Gasteiger partial charge in [0, 0.05) is 9.85 Å². The molecule has 1 unspecified atom stereocenters. The summed E-state index contributed by atoms with van der Waals surface area (Å²) in [5.41, 5.74) is 1.31. The third-order valence-electron chi connectivity index (χ3n) is 2.23. The molecule has 0 saturated carbocycles. The van der Waals surface area contributed by atoms with Crippen LogP contribution in [0.4, 0.5) is 0 Å². The Morgan fingerprint density at radius 3 is 2.21 bits per heavy atom. The van der Waals surface area contributed by atoms with Crippen LogP contribution in [-0.2, 0) is 0 Å². The number of alkyl halides is 1. The highest BCUT2D eigenvalue weighted by molar-refractivity contribution is 9.09. The van der Waals surface area contributed by atoms with Crippen molar-refractivity contribution in [2.24, 2.45) is 5.92 Å². The molecule has 1 aromatic carbocycles. The Morgan fingerprint density at radius 2 is 1.71 bits per heavy atom. The van der Waals surface area contributed by atoms with Crippen molar-refractivity contribution in [3.05, 3.63) is 34.9 Å². The molecular weight excluding hydrogens is 259 g/mol. The Labute approximate surface area is 99.8 Å². The summed E-state index contributed by atoms with van der Waals surface area (Å²) in [6.07, 6.45) is 2.43. The highest BCUT2D eigenvalue weighted by Gasteiger charge is 2.07. The maximum Gasteiger partial charge on any atom is 0.0406 e. The van der Waals surface area contributed by atoms with E-state index < -0.39 is 0 Å². The third kappa shape index (κ3) is 4.02. The fourth-order valence-corrected chi connectivity index (χ4v) is 2.01. The number of rotatable bonds is 4. The van der Waals surface area contributed by atoms with Gasteiger partial charge in [-0.2, -0.15) is 0 Å². The van der Waals surface area contributed by atoms with Gasteiger partial charge in [0.2, 0.25) is 0 Å². The molecule has 1 atom stereocenters. The smallest absolute Gasteiger partial charge is 0.0406 e. The van der Waals surface area contributed by atoms with Gasteiger partial charge in [0.15, 0.2) is 0 Å². The Balaban J connectivity index is 2.52. The van der Waals surface area contributed by atoms with Crippen molar-refractivity contribution in [3.63, 3.8) is 0 Å². The summed E-state index contributed by atoms with van der Waals surface area (Å²) in [4.78, 5) is 0.460. The first-order valence-electron chi connectivity index (χ1n) is 4.99. The first-order chi connectivity index (χ1) is 6.59. The molecule has 1 aromatic rings. The molecule has 0 radical (unpaired) electrons. The highest BCUT2D eigenvalue weighted by Crippen LogP contribution is 2.29. The second kappa shape index (κ2) is 5.77. The maximum absolute atomic E-state index is 5.83. The van der Waals surface area contributed by atoms with Crippen molar-refractivity contribution in [3.8, 4) is 0 Å². The molecule has 0 bridgehead atoms. The lowest BCUT2D eigenvalue weighted by atomic mass is 10.0. The van der Waals surface area contributed by atoms with E-state index in [0.717, 1.165) is 10.9 Å². The number of benzene rings is 1. The molecule has 14 heavy (non-hydrogen) atoms. The van der Waals surface area contributed by atoms with Crippen LogP contribution in [0.25, 0.3) is 0 Å². The van der Waals surface area contributed by atoms with Crippen molar-refractivity contribution >= 4 is 27.5 Å². The zero-order chi connectivity index (χ0) is 10.6. The van der Waals surface area contributed by atoms with E-state index in [4.69, 9.17) is 11.6 Å². The summed E-state index contributed by atoms with van der Waals surface area (Å²) in [5.74, 6) is 0.766. The van der Waals surface area contributed by atoms with Gasteiger partial charge in [-0.1, -0.05) is 53.5 Å². The molecule has 0 aliphatic rings. The molecule has 0 amide bonds. The highest BCUT2D eigenvalue weighted by atomic mass is 79.9. The standard InChI is InChI=1S/C12H16BrCl/c1-9(2)3-8-12(13)10-4-6-11(14)7-5-10/h4-7,9,12H,3,8H2,1-2H3. The van der Waals surface area contributed by atoms with Gasteiger partial charge in [-0.05, 0) is 36.5 Å². The summed E-state index contributed by atoms with van der Waals surface area (Å²) in [6.45, 7) is 4.50. The molecule has 0 aromatic heterocycles. The molecule has 0 fully saturated rings. The number of hydrogen-bond acceptors (Lipinski definition) is 0. The lowest BCUT2D eigenvalue weighted by Gasteiger charge is -2.11. The Hall–Kier alpha value is -0.0100. The normalized spacial score (nSPS) is 13.2. The third-order valence-corrected chi connectivity index (χ3v) is 3.47. The SMILES string of the molecule is CC(C)CCC(Br)c1ccc(Cl)cc1. The fraction of sp³-hybridized carbons (Fsp3) is 0.500. The van der Waals surface area contributed by atoms with Crippen molar-refractivity contribution in [1.29, 1.82) is 0 Å². The minimum absolute atomic E-state index is 0.460. The second-order valence-corrected chi connectivity index (χ2v) is 5.53. The molecule has 78 valence electrons. The van der Waals surface area contributed by atoms with Crippen LogP contribution in [0.1, 0.15) is 37.1 Å². The zero-order valence-electron chi connectivity index (χ0n) is 8.63. The predicted molar refractivity (Wildman–Crippen MR) is 67.2 cm³/mol. The lowest BCUT2D eigenvalue weighted by molar-refractivity contribution is 0.554. The van der Waals surface area contributed by atoms with Crippen LogP contribution in [0, 0.1) is 5.92 Å². The van der Waals surface area contributed by atoms with Crippen LogP contribution < -0.4 is 0 Å². The largest absolute Gasteiger partial charge is 0.0843 e. The van der Waals surface area contributed by atoms with E-state index in [2.05, 4.69) is 41.9 Å². The van der Waals surface area contributed by atoms with E-state index in [-0.39, 0.29) is 0 Å². The molecule has 1 rings (SSSR count). The predicted octanol–water partition coefficient (Wildman–Crippen LogP) is 5.21. The van der Waals surface area contributed by atoms with Crippen LogP contribution in [0.15, 0.2) is 24.3 Å². The van der Waals surface area contributed by atoms with Gasteiger partial charge in [0.05, 0.1) is 0 Å². The maximum atomic E-state index is 5.83. The average Bonchev–Trinajstić information content (AvgIpc) is 2.15. The van der Waals surface area contributed by atoms with Crippen LogP contribution in [-0.4, -0.2) is 0 Å². The van der Waals surface area contributed by atoms with E-state index in [0.29, 0.717) is 4.83 Å². The van der Waals surface area contributed by atoms with Crippen molar-refractivity contribution in [2.75, 3.05) is 0 Å². The van der Waals surface area contributed by atoms with Crippen molar-refractivity contribution in [1.82, 2.24) is 0 Å². The first-order valence-corrected chi connectivity index (χ1v) is 6.28. The Kier molecular flexibility index (Phi) is 4.97. The Bertz CT molecular complexity index is 266. The first kappa shape index (κ1) is 12.1. The van der Waals surface area contributed by atoms with Gasteiger partial charge < -0.3 is 0 Å². The summed E-state index contributed by atoms with van der Waals surface area (Å²) in [7, 11) is 0. The van der Waals surface area contributed by atoms with Gasteiger partial charge in [-0.3, -0.25) is 0 Å². The topological polar surface area (TPSA) is 0 Å². The van der Waals surface area contributed by atoms with E-state index >= 15 is 0 Å². The molecule has 0 heterocycles. The van der Waals surface area contributed by atoms with E-state index in [1.807, 2.05) is 12.1 Å². The monoisotopic (exact) mass is 274 g/mol. The summed E-state index contributed by atoms with van der Waals surface area (Å²) < 4.78 is 0. The van der Waals surface area contributed by atoms with Gasteiger partial charge >= 0.3 is 0 Å². The zero-order valence-corrected chi connectivity index (χ0v) is 11.0. The second-order valence-electron chi connectivity index (χ2n) is 3.99. The summed E-state index contributed by atoms with van der Waals surface area (Å²) in [6, 6.07) is 8.06. The summed E-state index contributed by atoms with van der Waals surface area (Å²) in [5, 5.41) is 0.803. The molecular formula is C12H16BrCl. The number of hydrogen-bond donors (Lipinski definition) is 0. The van der Waals surface area contributed by atoms with Gasteiger partial charge in [-0.15, -0.1) is 0 Å². The molecule has 2 heteroatoms. The summed E-state index contributed by atoms with van der Waals surface area (Å²) >= 11 is 9.52. The van der Waals surface area contributed by atoms with Crippen LogP contribution in [0.2, 0.25) is 5.02 Å². The average molecular weight is 276 g/mol. The quantitative estimate of drug-likeness (QED) is 0.662. The molecule has 0 spiro atoms. The van der Waals surface area contributed by atoms with Crippen LogP contribution in [0.5, 0.6) is 0 Å². The molecule has 0 aliphatic heterocycles. The van der Waals surface area contributed by atoms with E-state index in [1.54, 1.807) is 0 Å². The van der Waals surface area contributed by atoms with E-state index in [1.165, 1.54) is 18.4 Å². The number of halogens is 2. The minimum Gasteiger partial charge on any atom is -0.0843 e. The van der Waals surface area contributed by atoms with Crippen LogP contribution >= 0.6 is 27.5 Å². The molecule has 0 nitrogen and oxygen atoms in total. The van der Waals surface area contributed by atoms with Gasteiger partial charge in [0.1, 0.15) is 0 Å². The van der Waals surface area contributed by atoms with Crippen molar-refractivity contribution in [2.45, 2.75) is 31.5 Å².